The first-order valence-electron chi connectivity index (χ1n) is 11.1. The number of benzene rings is 1. The Balaban J connectivity index is 2.47. The standard InChI is InChI=1S/C24H38N2O6/c1-23(2,3)31-21(28)17-26(16-14-25-22(29)32-24(4,5)6)15-10-13-20(27)30-18-19-11-8-7-9-12-19/h7-9,11-12H,10,13-18H2,1-6H3,(H,25,29)/p+1. The van der Waals surface area contributed by atoms with Crippen molar-refractivity contribution in [1.29, 1.82) is 0 Å². The lowest BCUT2D eigenvalue weighted by molar-refractivity contribution is -0.891. The highest BCUT2D eigenvalue weighted by molar-refractivity contribution is 5.71. The summed E-state index contributed by atoms with van der Waals surface area (Å²) in [5.74, 6) is -0.603. The van der Waals surface area contributed by atoms with Crippen molar-refractivity contribution in [2.24, 2.45) is 0 Å². The van der Waals surface area contributed by atoms with Crippen molar-refractivity contribution in [2.75, 3.05) is 26.2 Å². The van der Waals surface area contributed by atoms with E-state index in [1.807, 2.05) is 51.1 Å². The Hall–Kier alpha value is -2.61. The molecule has 2 N–H and O–H groups in total. The van der Waals surface area contributed by atoms with Crippen LogP contribution in [0, 0.1) is 0 Å². The third-order valence-electron chi connectivity index (χ3n) is 4.12. The molecule has 0 aliphatic carbocycles. The average molecular weight is 452 g/mol. The van der Waals surface area contributed by atoms with Crippen LogP contribution in [0.3, 0.4) is 0 Å². The number of quaternary nitrogens is 1. The van der Waals surface area contributed by atoms with Gasteiger partial charge >= 0.3 is 18.0 Å². The van der Waals surface area contributed by atoms with Gasteiger partial charge in [0.1, 0.15) is 17.8 Å². The van der Waals surface area contributed by atoms with Gasteiger partial charge in [0, 0.05) is 6.42 Å². The number of hydrogen-bond donors (Lipinski definition) is 2. The van der Waals surface area contributed by atoms with Crippen molar-refractivity contribution in [3.63, 3.8) is 0 Å². The molecular weight excluding hydrogens is 412 g/mol. The van der Waals surface area contributed by atoms with Gasteiger partial charge < -0.3 is 24.4 Å². The molecule has 32 heavy (non-hydrogen) atoms. The van der Waals surface area contributed by atoms with E-state index in [-0.39, 0.29) is 31.5 Å². The maximum Gasteiger partial charge on any atom is 0.407 e. The zero-order valence-electron chi connectivity index (χ0n) is 20.3. The Kier molecular flexibility index (Phi) is 11.2. The molecule has 0 spiro atoms. The summed E-state index contributed by atoms with van der Waals surface area (Å²) in [6.45, 7) is 12.6. The second-order valence-electron chi connectivity index (χ2n) is 9.69. The van der Waals surface area contributed by atoms with Gasteiger partial charge in [-0.1, -0.05) is 30.3 Å². The average Bonchev–Trinajstić information content (AvgIpc) is 2.64. The van der Waals surface area contributed by atoms with E-state index >= 15 is 0 Å². The third kappa shape index (κ3) is 14.4. The highest BCUT2D eigenvalue weighted by atomic mass is 16.6. The van der Waals surface area contributed by atoms with E-state index in [1.165, 1.54) is 0 Å². The molecule has 1 amide bonds. The smallest absolute Gasteiger partial charge is 0.407 e. The fourth-order valence-electron chi connectivity index (χ4n) is 2.83. The summed E-state index contributed by atoms with van der Waals surface area (Å²) in [5, 5.41) is 2.70. The number of alkyl carbamates (subject to hydrolysis) is 1. The molecule has 8 heteroatoms. The molecule has 1 aromatic rings. The van der Waals surface area contributed by atoms with Crippen molar-refractivity contribution < 1.29 is 33.5 Å². The molecule has 1 rings (SSSR count). The summed E-state index contributed by atoms with van der Waals surface area (Å²) in [6.07, 6.45) is 0.307. The van der Waals surface area contributed by atoms with Crippen LogP contribution in [0.1, 0.15) is 59.9 Å². The molecule has 1 aromatic carbocycles. The van der Waals surface area contributed by atoms with Gasteiger partial charge in [-0.25, -0.2) is 9.59 Å². The van der Waals surface area contributed by atoms with Crippen molar-refractivity contribution in [2.45, 2.75) is 72.2 Å². The van der Waals surface area contributed by atoms with Gasteiger partial charge in [-0.05, 0) is 47.1 Å². The first kappa shape index (κ1) is 27.4. The second-order valence-corrected chi connectivity index (χ2v) is 9.69. The molecule has 0 aromatic heterocycles. The zero-order chi connectivity index (χ0) is 24.2. The molecule has 0 saturated heterocycles. The normalized spacial score (nSPS) is 12.6. The van der Waals surface area contributed by atoms with Gasteiger partial charge in [0.2, 0.25) is 0 Å². The van der Waals surface area contributed by atoms with E-state index in [0.29, 0.717) is 26.1 Å². The van der Waals surface area contributed by atoms with Gasteiger partial charge in [-0.15, -0.1) is 0 Å². The molecular formula is C24H39N2O6+. The van der Waals surface area contributed by atoms with Crippen LogP contribution in [0.2, 0.25) is 0 Å². The van der Waals surface area contributed by atoms with Crippen molar-refractivity contribution >= 4 is 18.0 Å². The summed E-state index contributed by atoms with van der Waals surface area (Å²) >= 11 is 0. The summed E-state index contributed by atoms with van der Waals surface area (Å²) in [6, 6.07) is 9.50. The quantitative estimate of drug-likeness (QED) is 0.396. The lowest BCUT2D eigenvalue weighted by Gasteiger charge is -2.23. The summed E-state index contributed by atoms with van der Waals surface area (Å²) in [4.78, 5) is 37.1. The van der Waals surface area contributed by atoms with E-state index in [4.69, 9.17) is 14.2 Å². The summed E-state index contributed by atoms with van der Waals surface area (Å²) in [5.41, 5.74) is -0.211. The van der Waals surface area contributed by atoms with E-state index in [9.17, 15) is 14.4 Å². The van der Waals surface area contributed by atoms with Crippen LogP contribution in [0.25, 0.3) is 0 Å². The second kappa shape index (κ2) is 13.1. The predicted molar refractivity (Wildman–Crippen MR) is 121 cm³/mol. The largest absolute Gasteiger partial charge is 0.461 e. The lowest BCUT2D eigenvalue weighted by atomic mass is 10.2. The molecule has 0 aliphatic rings. The fourth-order valence-corrected chi connectivity index (χ4v) is 2.83. The molecule has 0 bridgehead atoms. The molecule has 180 valence electrons. The number of ether oxygens (including phenoxy) is 3. The number of esters is 2. The van der Waals surface area contributed by atoms with Gasteiger partial charge in [-0.3, -0.25) is 4.79 Å². The number of rotatable bonds is 11. The molecule has 0 aliphatic heterocycles. The van der Waals surface area contributed by atoms with E-state index in [1.54, 1.807) is 20.8 Å². The number of nitrogens with one attached hydrogen (secondary N) is 2. The van der Waals surface area contributed by atoms with Crippen LogP contribution < -0.4 is 10.2 Å². The van der Waals surface area contributed by atoms with Crippen molar-refractivity contribution in [3.05, 3.63) is 35.9 Å². The van der Waals surface area contributed by atoms with Gasteiger partial charge in [0.25, 0.3) is 0 Å². The van der Waals surface area contributed by atoms with Crippen LogP contribution in [-0.4, -0.2) is 55.4 Å². The van der Waals surface area contributed by atoms with Gasteiger partial charge in [-0.2, -0.15) is 0 Å². The van der Waals surface area contributed by atoms with Crippen LogP contribution >= 0.6 is 0 Å². The molecule has 1 atom stereocenters. The van der Waals surface area contributed by atoms with Gasteiger partial charge in [0.05, 0.1) is 26.1 Å². The van der Waals surface area contributed by atoms with Gasteiger partial charge in [0.15, 0.2) is 6.54 Å². The molecule has 8 nitrogen and oxygen atoms in total. The first-order chi connectivity index (χ1) is 14.8. The van der Waals surface area contributed by atoms with E-state index in [0.717, 1.165) is 10.5 Å². The number of carbonyl (C=O) groups is 3. The van der Waals surface area contributed by atoms with E-state index in [2.05, 4.69) is 5.32 Å². The van der Waals surface area contributed by atoms with E-state index < -0.39 is 17.3 Å². The first-order valence-corrected chi connectivity index (χ1v) is 11.1. The number of carbonyl (C=O) groups excluding carboxylic acids is 3. The van der Waals surface area contributed by atoms with Crippen LogP contribution in [0.5, 0.6) is 0 Å². The van der Waals surface area contributed by atoms with Crippen molar-refractivity contribution in [1.82, 2.24) is 5.32 Å². The fraction of sp³-hybridized carbons (Fsp3) is 0.625. The minimum Gasteiger partial charge on any atom is -0.461 e. The summed E-state index contributed by atoms with van der Waals surface area (Å²) < 4.78 is 15.9. The van der Waals surface area contributed by atoms with Crippen molar-refractivity contribution in [3.8, 4) is 0 Å². The maximum absolute atomic E-state index is 12.3. The molecule has 0 fully saturated rings. The SMILES string of the molecule is CC(C)(C)OC(=O)C[NH+](CCCC(=O)OCc1ccccc1)CCNC(=O)OC(C)(C)C. The summed E-state index contributed by atoms with van der Waals surface area (Å²) in [7, 11) is 0. The van der Waals surface area contributed by atoms with Crippen LogP contribution in [0.4, 0.5) is 4.79 Å². The Morgan fingerprint density at radius 3 is 2.09 bits per heavy atom. The Morgan fingerprint density at radius 2 is 1.50 bits per heavy atom. The molecule has 0 heterocycles. The molecule has 0 saturated carbocycles. The third-order valence-corrected chi connectivity index (χ3v) is 4.12. The monoisotopic (exact) mass is 451 g/mol. The molecule has 1 unspecified atom stereocenters. The van der Waals surface area contributed by atoms with Crippen LogP contribution in [0.15, 0.2) is 30.3 Å². The topological polar surface area (TPSA) is 95.4 Å². The Morgan fingerprint density at radius 1 is 0.875 bits per heavy atom. The Bertz CT molecular complexity index is 722. The number of hydrogen-bond acceptors (Lipinski definition) is 6. The lowest BCUT2D eigenvalue weighted by Crippen LogP contribution is -3.13. The predicted octanol–water partition coefficient (Wildman–Crippen LogP) is 2.26. The van der Waals surface area contributed by atoms with Crippen LogP contribution in [-0.2, 0) is 30.4 Å². The zero-order valence-corrected chi connectivity index (χ0v) is 20.3. The maximum atomic E-state index is 12.3. The molecule has 0 radical (unpaired) electrons. The minimum absolute atomic E-state index is 0.145. The highest BCUT2D eigenvalue weighted by Gasteiger charge is 2.22. The minimum atomic E-state index is -0.576. The Labute approximate surface area is 191 Å². The highest BCUT2D eigenvalue weighted by Crippen LogP contribution is 2.07. The number of amides is 1.